The summed E-state index contributed by atoms with van der Waals surface area (Å²) in [4.78, 5) is 36.6. The van der Waals surface area contributed by atoms with Crippen LogP contribution in [0.3, 0.4) is 0 Å². The van der Waals surface area contributed by atoms with Gasteiger partial charge in [0, 0.05) is 6.08 Å². The Morgan fingerprint density at radius 2 is 2.03 bits per heavy atom. The minimum atomic E-state index is -0.584. The van der Waals surface area contributed by atoms with Crippen molar-refractivity contribution in [3.63, 3.8) is 0 Å². The molecule has 9 nitrogen and oxygen atoms in total. The van der Waals surface area contributed by atoms with Gasteiger partial charge >= 0.3 is 0 Å². The largest absolute Gasteiger partial charge is 0.497 e. The first-order valence-electron chi connectivity index (χ1n) is 9.95. The summed E-state index contributed by atoms with van der Waals surface area (Å²) in [6, 6.07) is 12.5. The van der Waals surface area contributed by atoms with Gasteiger partial charge in [0.1, 0.15) is 17.3 Å². The number of benzene rings is 2. The number of thioether (sulfide) groups is 1. The Kier molecular flexibility index (Phi) is 6.92. The lowest BCUT2D eigenvalue weighted by atomic mass is 10.1. The van der Waals surface area contributed by atoms with Crippen molar-refractivity contribution >= 4 is 63.5 Å². The molecule has 3 aromatic rings. The summed E-state index contributed by atoms with van der Waals surface area (Å²) in [6.45, 7) is 1.84. The van der Waals surface area contributed by atoms with Crippen LogP contribution in [0.1, 0.15) is 21.7 Å². The van der Waals surface area contributed by atoms with E-state index >= 15 is 0 Å². The number of thiocarbonyl (C=S) groups is 1. The van der Waals surface area contributed by atoms with Gasteiger partial charge in [0.05, 0.1) is 39.2 Å². The van der Waals surface area contributed by atoms with E-state index in [0.29, 0.717) is 5.75 Å². The lowest BCUT2D eigenvalue weighted by Crippen LogP contribution is -2.44. The van der Waals surface area contributed by atoms with Crippen LogP contribution in [0.25, 0.3) is 17.4 Å². The van der Waals surface area contributed by atoms with Gasteiger partial charge in [-0.1, -0.05) is 29.4 Å². The number of hydrogen-bond acceptors (Lipinski definition) is 8. The fraction of sp³-hybridized carbons (Fsp3) is 0.0870. The summed E-state index contributed by atoms with van der Waals surface area (Å²) in [5.41, 5.74) is 3.63. The van der Waals surface area contributed by atoms with Crippen molar-refractivity contribution in [1.82, 2.24) is 10.4 Å². The molecule has 1 N–H and O–H groups in total. The number of methoxy groups -OCH3 is 1. The van der Waals surface area contributed by atoms with Crippen molar-refractivity contribution in [3.8, 4) is 17.1 Å². The van der Waals surface area contributed by atoms with Crippen molar-refractivity contribution < 1.29 is 23.7 Å². The fourth-order valence-corrected chi connectivity index (χ4v) is 4.71. The van der Waals surface area contributed by atoms with Crippen molar-refractivity contribution in [2.75, 3.05) is 7.11 Å². The SMILES string of the molecule is COc1ccc(-c2ccc(/C=C3/SC(=S)N(NC(=O)c4ccc(C)cc4Cl)C3=O)o2)c([N+](=O)[O-])c1. The van der Waals surface area contributed by atoms with Gasteiger partial charge in [-0.25, -0.2) is 0 Å². The Morgan fingerprint density at radius 1 is 1.26 bits per heavy atom. The molecule has 12 heteroatoms. The zero-order valence-electron chi connectivity index (χ0n) is 18.2. The molecule has 1 aromatic heterocycles. The number of halogens is 1. The number of hydrazine groups is 1. The minimum absolute atomic E-state index is 0.121. The highest BCUT2D eigenvalue weighted by Gasteiger charge is 2.34. The van der Waals surface area contributed by atoms with Gasteiger partial charge in [-0.05, 0) is 61.1 Å². The average molecular weight is 530 g/mol. The summed E-state index contributed by atoms with van der Waals surface area (Å²) in [5, 5.41) is 12.7. The molecule has 0 spiro atoms. The van der Waals surface area contributed by atoms with E-state index in [-0.39, 0.29) is 42.6 Å². The number of aryl methyl sites for hydroxylation is 1. The fourth-order valence-electron chi connectivity index (χ4n) is 3.23. The van der Waals surface area contributed by atoms with Crippen LogP contribution >= 0.6 is 35.6 Å². The molecule has 2 amide bonds. The first-order chi connectivity index (χ1) is 16.7. The van der Waals surface area contributed by atoms with Crippen LogP contribution in [0.5, 0.6) is 5.75 Å². The van der Waals surface area contributed by atoms with Gasteiger partial charge < -0.3 is 9.15 Å². The summed E-state index contributed by atoms with van der Waals surface area (Å²) in [6.07, 6.45) is 1.45. The molecule has 2 aromatic carbocycles. The molecule has 0 saturated carbocycles. The maximum Gasteiger partial charge on any atom is 0.285 e. The highest BCUT2D eigenvalue weighted by molar-refractivity contribution is 8.26. The highest BCUT2D eigenvalue weighted by atomic mass is 35.5. The third-order valence-corrected chi connectivity index (χ3v) is 6.56. The smallest absolute Gasteiger partial charge is 0.285 e. The number of nitrogens with one attached hydrogen (secondary N) is 1. The summed E-state index contributed by atoms with van der Waals surface area (Å²) < 4.78 is 10.9. The van der Waals surface area contributed by atoms with E-state index in [1.54, 1.807) is 36.4 Å². The van der Waals surface area contributed by atoms with E-state index in [9.17, 15) is 19.7 Å². The van der Waals surface area contributed by atoms with Gasteiger partial charge in [0.25, 0.3) is 17.5 Å². The molecule has 1 aliphatic rings. The minimum Gasteiger partial charge on any atom is -0.497 e. The molecule has 1 aliphatic heterocycles. The van der Waals surface area contributed by atoms with E-state index in [1.807, 2.05) is 6.92 Å². The number of furan rings is 1. The summed E-state index contributed by atoms with van der Waals surface area (Å²) >= 11 is 12.4. The molecule has 1 fully saturated rings. The van der Waals surface area contributed by atoms with Crippen molar-refractivity contribution in [1.29, 1.82) is 0 Å². The second kappa shape index (κ2) is 9.90. The highest BCUT2D eigenvalue weighted by Crippen LogP contribution is 2.36. The molecular formula is C23H16ClN3O6S2. The number of nitro benzene ring substituents is 1. The number of rotatable bonds is 6. The van der Waals surface area contributed by atoms with Crippen LogP contribution in [0, 0.1) is 17.0 Å². The predicted octanol–water partition coefficient (Wildman–Crippen LogP) is 5.37. The van der Waals surface area contributed by atoms with Crippen LogP contribution < -0.4 is 10.2 Å². The monoisotopic (exact) mass is 529 g/mol. The summed E-state index contributed by atoms with van der Waals surface area (Å²) in [5.74, 6) is -0.281. The maximum absolute atomic E-state index is 12.9. The maximum atomic E-state index is 12.9. The van der Waals surface area contributed by atoms with Crippen LogP contribution in [-0.4, -0.2) is 33.2 Å². The van der Waals surface area contributed by atoms with E-state index in [1.165, 1.54) is 25.3 Å². The van der Waals surface area contributed by atoms with E-state index < -0.39 is 16.7 Å². The first kappa shape index (κ1) is 24.5. The Bertz CT molecular complexity index is 1420. The number of hydrogen-bond donors (Lipinski definition) is 1. The number of nitro groups is 1. The topological polar surface area (TPSA) is 115 Å². The molecule has 178 valence electrons. The molecule has 0 bridgehead atoms. The van der Waals surface area contributed by atoms with Crippen LogP contribution in [-0.2, 0) is 4.79 Å². The third-order valence-electron chi connectivity index (χ3n) is 4.94. The second-order valence-corrected chi connectivity index (χ2v) is 9.37. The Labute approximate surface area is 213 Å². The molecular weight excluding hydrogens is 514 g/mol. The Hall–Kier alpha value is -3.67. The average Bonchev–Trinajstić information content (AvgIpc) is 3.38. The predicted molar refractivity (Wildman–Crippen MR) is 136 cm³/mol. The summed E-state index contributed by atoms with van der Waals surface area (Å²) in [7, 11) is 1.41. The number of nitrogens with zero attached hydrogens (tertiary/aromatic N) is 2. The molecule has 0 unspecified atom stereocenters. The van der Waals surface area contributed by atoms with Crippen molar-refractivity contribution in [3.05, 3.63) is 85.5 Å². The Morgan fingerprint density at radius 3 is 2.71 bits per heavy atom. The standard InChI is InChI=1S/C23H16ClN3O6S2/c1-12-3-6-15(17(24)9-12)21(28)25-26-22(29)20(35-23(26)34)11-14-5-8-19(33-14)16-7-4-13(32-2)10-18(16)27(30)31/h3-11H,1-2H3,(H,25,28)/b20-11+. The molecule has 0 aliphatic carbocycles. The molecule has 4 rings (SSSR count). The zero-order chi connectivity index (χ0) is 25.3. The van der Waals surface area contributed by atoms with E-state index in [4.69, 9.17) is 33.0 Å². The number of carbonyl (C=O) groups is 2. The molecule has 1 saturated heterocycles. The van der Waals surface area contributed by atoms with Gasteiger partial charge in [-0.15, -0.1) is 0 Å². The first-order valence-corrected chi connectivity index (χ1v) is 11.6. The Balaban J connectivity index is 1.55. The van der Waals surface area contributed by atoms with E-state index in [2.05, 4.69) is 5.43 Å². The molecule has 0 atom stereocenters. The van der Waals surface area contributed by atoms with Crippen molar-refractivity contribution in [2.24, 2.45) is 0 Å². The molecule has 2 heterocycles. The zero-order valence-corrected chi connectivity index (χ0v) is 20.6. The quantitative estimate of drug-likeness (QED) is 0.196. The molecule has 0 radical (unpaired) electrons. The number of amides is 2. The van der Waals surface area contributed by atoms with Gasteiger partial charge in [0.15, 0.2) is 4.32 Å². The van der Waals surface area contributed by atoms with Crippen LogP contribution in [0.15, 0.2) is 57.9 Å². The van der Waals surface area contributed by atoms with Crippen LogP contribution in [0.4, 0.5) is 5.69 Å². The second-order valence-electron chi connectivity index (χ2n) is 7.28. The third kappa shape index (κ3) is 5.06. The molecule has 35 heavy (non-hydrogen) atoms. The number of ether oxygens (including phenoxy) is 1. The normalized spacial score (nSPS) is 14.5. The van der Waals surface area contributed by atoms with E-state index in [0.717, 1.165) is 22.3 Å². The lowest BCUT2D eigenvalue weighted by molar-refractivity contribution is -0.384. The van der Waals surface area contributed by atoms with Gasteiger partial charge in [-0.3, -0.25) is 25.1 Å². The van der Waals surface area contributed by atoms with Gasteiger partial charge in [0.2, 0.25) is 0 Å². The number of carbonyl (C=O) groups excluding carboxylic acids is 2. The van der Waals surface area contributed by atoms with Crippen molar-refractivity contribution in [2.45, 2.75) is 6.92 Å². The van der Waals surface area contributed by atoms with Crippen LogP contribution in [0.2, 0.25) is 5.02 Å². The van der Waals surface area contributed by atoms with Gasteiger partial charge in [-0.2, -0.15) is 5.01 Å². The lowest BCUT2D eigenvalue weighted by Gasteiger charge is -2.16.